The van der Waals surface area contributed by atoms with Crippen LogP contribution >= 0.6 is 0 Å². The molecule has 2 N–H and O–H groups in total. The number of anilines is 2. The van der Waals surface area contributed by atoms with Gasteiger partial charge in [-0.2, -0.15) is 0 Å². The van der Waals surface area contributed by atoms with Crippen molar-refractivity contribution < 1.29 is 18.7 Å². The summed E-state index contributed by atoms with van der Waals surface area (Å²) in [5, 5.41) is 19.1. The number of hydrogen-bond acceptors (Lipinski definition) is 6. The molecule has 2 heterocycles. The van der Waals surface area contributed by atoms with E-state index in [-0.39, 0.29) is 18.3 Å². The van der Waals surface area contributed by atoms with E-state index in [4.69, 9.17) is 9.52 Å². The largest absolute Gasteiger partial charge is 0.481 e. The lowest BCUT2D eigenvalue weighted by Gasteiger charge is -2.28. The highest BCUT2D eigenvalue weighted by Crippen LogP contribution is 2.37. The Morgan fingerprint density at radius 1 is 1.10 bits per heavy atom. The van der Waals surface area contributed by atoms with Gasteiger partial charge in [-0.05, 0) is 55.2 Å². The van der Waals surface area contributed by atoms with Crippen molar-refractivity contribution in [3.8, 4) is 11.3 Å². The van der Waals surface area contributed by atoms with Crippen LogP contribution in [0.1, 0.15) is 49.5 Å². The number of nitrogens with zero attached hydrogens (tertiary/aromatic N) is 3. The first-order chi connectivity index (χ1) is 14.6. The Morgan fingerprint density at radius 3 is 2.47 bits per heavy atom. The van der Waals surface area contributed by atoms with E-state index in [1.165, 1.54) is 5.56 Å². The maximum Gasteiger partial charge on any atom is 0.320 e. The molecule has 1 aromatic carbocycles. The van der Waals surface area contributed by atoms with Crippen LogP contribution in [0.25, 0.3) is 11.3 Å². The average Bonchev–Trinajstić information content (AvgIpc) is 3.22. The molecule has 0 bridgehead atoms. The highest BCUT2D eigenvalue weighted by atomic mass is 19.1. The highest BCUT2D eigenvalue weighted by molar-refractivity contribution is 5.67. The van der Waals surface area contributed by atoms with Crippen LogP contribution in [0, 0.1) is 5.92 Å². The van der Waals surface area contributed by atoms with Crippen molar-refractivity contribution in [2.24, 2.45) is 5.92 Å². The van der Waals surface area contributed by atoms with Crippen LogP contribution < -0.4 is 5.32 Å². The van der Waals surface area contributed by atoms with Gasteiger partial charge in [0.15, 0.2) is 6.67 Å². The number of pyridine rings is 1. The van der Waals surface area contributed by atoms with Crippen LogP contribution in [0.5, 0.6) is 0 Å². The van der Waals surface area contributed by atoms with Crippen molar-refractivity contribution in [2.45, 2.75) is 44.7 Å². The Hall–Kier alpha value is -3.29. The number of aliphatic carboxylic acids is 1. The van der Waals surface area contributed by atoms with Crippen molar-refractivity contribution in [1.29, 1.82) is 0 Å². The maximum absolute atomic E-state index is 12.5. The summed E-state index contributed by atoms with van der Waals surface area (Å²) in [6.07, 6.45) is 5.96. The molecular formula is C22H23FN4O3. The fraction of sp³-hybridized carbons (Fsp3) is 0.364. The molecule has 1 fully saturated rings. The highest BCUT2D eigenvalue weighted by Gasteiger charge is 2.23. The van der Waals surface area contributed by atoms with E-state index in [0.29, 0.717) is 17.5 Å². The normalized spacial score (nSPS) is 18.8. The molecular weight excluding hydrogens is 387 g/mol. The average molecular weight is 410 g/mol. The lowest BCUT2D eigenvalue weighted by Crippen LogP contribution is -2.16. The second-order valence-electron chi connectivity index (χ2n) is 7.63. The van der Waals surface area contributed by atoms with Gasteiger partial charge in [-0.15, -0.1) is 5.10 Å². The molecule has 3 aromatic rings. The van der Waals surface area contributed by atoms with Gasteiger partial charge in [0.25, 0.3) is 0 Å². The second-order valence-corrected chi connectivity index (χ2v) is 7.63. The van der Waals surface area contributed by atoms with Crippen LogP contribution in [-0.2, 0) is 11.5 Å². The van der Waals surface area contributed by atoms with E-state index in [1.807, 2.05) is 12.1 Å². The molecule has 8 heteroatoms. The smallest absolute Gasteiger partial charge is 0.320 e. The Kier molecular flexibility index (Phi) is 6.02. The number of carboxylic acids is 1. The molecule has 0 unspecified atom stereocenters. The van der Waals surface area contributed by atoms with E-state index in [2.05, 4.69) is 44.8 Å². The van der Waals surface area contributed by atoms with Crippen LogP contribution in [0.15, 0.2) is 47.0 Å². The molecule has 0 amide bonds. The number of nitrogens with one attached hydrogen (secondary N) is 1. The van der Waals surface area contributed by atoms with Gasteiger partial charge < -0.3 is 14.8 Å². The van der Waals surface area contributed by atoms with Crippen LogP contribution in [-0.4, -0.2) is 26.3 Å². The van der Waals surface area contributed by atoms with E-state index in [0.717, 1.165) is 36.9 Å². The van der Waals surface area contributed by atoms with Crippen molar-refractivity contribution in [3.05, 3.63) is 54.0 Å². The molecule has 0 radical (unpaired) electrons. The number of halogens is 1. The molecule has 30 heavy (non-hydrogen) atoms. The summed E-state index contributed by atoms with van der Waals surface area (Å²) in [6, 6.07) is 12.3. The van der Waals surface area contributed by atoms with Gasteiger partial charge in [-0.25, -0.2) is 4.39 Å². The number of aromatic nitrogens is 3. The molecule has 1 aliphatic rings. The molecule has 0 aliphatic heterocycles. The maximum atomic E-state index is 12.5. The van der Waals surface area contributed by atoms with Gasteiger partial charge in [0, 0.05) is 12.0 Å². The van der Waals surface area contributed by atoms with Crippen molar-refractivity contribution in [3.63, 3.8) is 0 Å². The lowest BCUT2D eigenvalue weighted by atomic mass is 9.77. The first-order valence-corrected chi connectivity index (χ1v) is 10.0. The van der Waals surface area contributed by atoms with Crippen molar-refractivity contribution in [2.75, 3.05) is 5.32 Å². The van der Waals surface area contributed by atoms with E-state index in [9.17, 15) is 9.18 Å². The minimum Gasteiger partial charge on any atom is -0.481 e. The lowest BCUT2D eigenvalue weighted by molar-refractivity contribution is -0.138. The Balaban J connectivity index is 1.36. The second kappa shape index (κ2) is 9.02. The molecule has 156 valence electrons. The summed E-state index contributed by atoms with van der Waals surface area (Å²) in [5.41, 5.74) is 3.82. The predicted molar refractivity (Wildman–Crippen MR) is 109 cm³/mol. The topological polar surface area (TPSA) is 101 Å². The first-order valence-electron chi connectivity index (χ1n) is 10.0. The zero-order valence-electron chi connectivity index (χ0n) is 16.4. The zero-order chi connectivity index (χ0) is 20.9. The number of rotatable bonds is 7. The quantitative estimate of drug-likeness (QED) is 0.559. The minimum absolute atomic E-state index is 0.0717. The Morgan fingerprint density at radius 2 is 1.87 bits per heavy atom. The monoisotopic (exact) mass is 410 g/mol. The van der Waals surface area contributed by atoms with Gasteiger partial charge in [0.05, 0.1) is 17.6 Å². The molecule has 7 nitrogen and oxygen atoms in total. The Labute approximate surface area is 173 Å². The third-order valence-corrected chi connectivity index (χ3v) is 5.58. The third kappa shape index (κ3) is 4.82. The van der Waals surface area contributed by atoms with Gasteiger partial charge in [-0.3, -0.25) is 9.78 Å². The molecule has 0 saturated heterocycles. The number of benzene rings is 1. The molecule has 2 aromatic heterocycles. The number of hydrogen-bond donors (Lipinski definition) is 2. The Bertz CT molecular complexity index is 980. The summed E-state index contributed by atoms with van der Waals surface area (Å²) >= 11 is 0. The molecule has 1 saturated carbocycles. The zero-order valence-corrected chi connectivity index (χ0v) is 16.4. The summed E-state index contributed by atoms with van der Waals surface area (Å²) in [6.45, 7) is -0.800. The van der Waals surface area contributed by atoms with Crippen LogP contribution in [0.4, 0.5) is 16.1 Å². The number of carboxylic acid groups (broad SMARTS) is 1. The van der Waals surface area contributed by atoms with Crippen LogP contribution in [0.3, 0.4) is 0 Å². The molecule has 0 spiro atoms. The standard InChI is InChI=1S/C22H23FN4O3/c23-12-20-26-27-22(30-20)25-18-9-10-19(24-13-18)17-7-5-16(6-8-17)15-3-1-14(2-4-15)11-21(28)29/h5-10,13-15H,1-4,11-12H2,(H,25,27)(H,28,29). The van der Waals surface area contributed by atoms with Gasteiger partial charge in [0.1, 0.15) is 0 Å². The molecule has 1 aliphatic carbocycles. The van der Waals surface area contributed by atoms with E-state index in [1.54, 1.807) is 6.20 Å². The van der Waals surface area contributed by atoms with Crippen molar-refractivity contribution in [1.82, 2.24) is 15.2 Å². The first kappa shape index (κ1) is 20.0. The van der Waals surface area contributed by atoms with E-state index >= 15 is 0 Å². The predicted octanol–water partition coefficient (Wildman–Crippen LogP) is 5.09. The van der Waals surface area contributed by atoms with Gasteiger partial charge in [-0.1, -0.05) is 29.4 Å². The fourth-order valence-corrected chi connectivity index (χ4v) is 3.99. The summed E-state index contributed by atoms with van der Waals surface area (Å²) < 4.78 is 17.6. The summed E-state index contributed by atoms with van der Waals surface area (Å²) in [5.74, 6) is 0.0352. The van der Waals surface area contributed by atoms with Crippen molar-refractivity contribution >= 4 is 17.7 Å². The summed E-state index contributed by atoms with van der Waals surface area (Å²) in [7, 11) is 0. The summed E-state index contributed by atoms with van der Waals surface area (Å²) in [4.78, 5) is 15.4. The SMILES string of the molecule is O=C(O)CC1CCC(c2ccc(-c3ccc(Nc4nnc(CF)o4)cn3)cc2)CC1. The fourth-order valence-electron chi connectivity index (χ4n) is 3.99. The number of carbonyl (C=O) groups is 1. The molecule has 4 rings (SSSR count). The molecule has 0 atom stereocenters. The van der Waals surface area contributed by atoms with Crippen LogP contribution in [0.2, 0.25) is 0 Å². The third-order valence-electron chi connectivity index (χ3n) is 5.58. The van der Waals surface area contributed by atoms with Gasteiger partial charge >= 0.3 is 12.0 Å². The van der Waals surface area contributed by atoms with E-state index < -0.39 is 12.6 Å². The van der Waals surface area contributed by atoms with Gasteiger partial charge in [0.2, 0.25) is 5.89 Å². The number of alkyl halides is 1. The minimum atomic E-state index is -0.800.